The van der Waals surface area contributed by atoms with E-state index in [1.165, 1.54) is 6.20 Å². The van der Waals surface area contributed by atoms with Crippen LogP contribution in [0.3, 0.4) is 0 Å². The molecule has 8 heavy (non-hydrogen) atoms. The zero-order valence-electron chi connectivity index (χ0n) is 5.09. The lowest BCUT2D eigenvalue weighted by molar-refractivity contribution is 0.316. The first-order chi connectivity index (χ1) is 3.85. The molecule has 0 spiro atoms. The highest BCUT2D eigenvalue weighted by molar-refractivity contribution is 5.75. The summed E-state index contributed by atoms with van der Waals surface area (Å²) in [7, 11) is 3.20. The molecular formula is C5H10N2O. The molecule has 0 saturated carbocycles. The van der Waals surface area contributed by atoms with Crippen LogP contribution < -0.4 is 5.73 Å². The quantitative estimate of drug-likeness (QED) is 0.410. The Morgan fingerprint density at radius 3 is 2.50 bits per heavy atom. The van der Waals surface area contributed by atoms with Crippen molar-refractivity contribution in [3.63, 3.8) is 0 Å². The molecule has 0 fully saturated rings. The number of nitrogens with zero attached hydrogens (tertiary/aromatic N) is 1. The van der Waals surface area contributed by atoms with E-state index in [4.69, 9.17) is 10.5 Å². The van der Waals surface area contributed by atoms with Crippen molar-refractivity contribution < 1.29 is 4.74 Å². The largest absolute Gasteiger partial charge is 0.494 e. The molecule has 3 nitrogen and oxygen atoms in total. The van der Waals surface area contributed by atoms with Gasteiger partial charge in [0.15, 0.2) is 5.76 Å². The molecular weight excluding hydrogens is 104 g/mol. The predicted molar refractivity (Wildman–Crippen MR) is 33.7 cm³/mol. The van der Waals surface area contributed by atoms with Crippen molar-refractivity contribution in [2.75, 3.05) is 14.2 Å². The fraction of sp³-hybridized carbons (Fsp3) is 0.400. The van der Waals surface area contributed by atoms with E-state index in [1.54, 1.807) is 20.4 Å². The first-order valence-corrected chi connectivity index (χ1v) is 2.23. The van der Waals surface area contributed by atoms with Crippen LogP contribution in [0.5, 0.6) is 0 Å². The fourth-order valence-electron chi connectivity index (χ4n) is 0.291. The molecule has 46 valence electrons. The van der Waals surface area contributed by atoms with E-state index in [2.05, 4.69) is 4.99 Å². The monoisotopic (exact) mass is 114 g/mol. The normalized spacial score (nSPS) is 12.5. The zero-order valence-corrected chi connectivity index (χ0v) is 5.09. The third-order valence-electron chi connectivity index (χ3n) is 0.656. The molecule has 3 heteroatoms. The van der Waals surface area contributed by atoms with Crippen molar-refractivity contribution in [3.05, 3.63) is 12.0 Å². The van der Waals surface area contributed by atoms with E-state index < -0.39 is 0 Å². The number of hydrogen-bond acceptors (Lipinski definition) is 3. The van der Waals surface area contributed by atoms with Crippen molar-refractivity contribution in [2.45, 2.75) is 0 Å². The highest BCUT2D eigenvalue weighted by atomic mass is 16.5. The van der Waals surface area contributed by atoms with E-state index in [-0.39, 0.29) is 0 Å². The van der Waals surface area contributed by atoms with Gasteiger partial charge in [0, 0.05) is 13.2 Å². The minimum absolute atomic E-state index is 0.576. The Labute approximate surface area is 48.9 Å². The SMILES string of the molecule is CN=CC(=CN)OC. The Kier molecular flexibility index (Phi) is 3.66. The van der Waals surface area contributed by atoms with Gasteiger partial charge in [-0.3, -0.25) is 4.99 Å². The van der Waals surface area contributed by atoms with Gasteiger partial charge in [0.1, 0.15) is 0 Å². The van der Waals surface area contributed by atoms with Crippen molar-refractivity contribution in [2.24, 2.45) is 10.7 Å². The standard InChI is InChI=1S/C5H10N2O/c1-7-4-5(3-6)8-2/h3-4H,6H2,1-2H3. The third-order valence-corrected chi connectivity index (χ3v) is 0.656. The number of nitrogens with two attached hydrogens (primary N) is 1. The van der Waals surface area contributed by atoms with Crippen molar-refractivity contribution in [1.82, 2.24) is 0 Å². The summed E-state index contributed by atoms with van der Waals surface area (Å²) in [4.78, 5) is 3.68. The highest BCUT2D eigenvalue weighted by Gasteiger charge is 1.81. The van der Waals surface area contributed by atoms with Crippen molar-refractivity contribution >= 4 is 6.21 Å². The first kappa shape index (κ1) is 7.01. The van der Waals surface area contributed by atoms with E-state index in [0.717, 1.165) is 0 Å². The van der Waals surface area contributed by atoms with Crippen LogP contribution in [0.15, 0.2) is 17.0 Å². The molecule has 0 atom stereocenters. The Hall–Kier alpha value is -0.990. The minimum Gasteiger partial charge on any atom is -0.494 e. The summed E-state index contributed by atoms with van der Waals surface area (Å²) >= 11 is 0. The van der Waals surface area contributed by atoms with Gasteiger partial charge in [-0.15, -0.1) is 0 Å². The second-order valence-corrected chi connectivity index (χ2v) is 1.16. The zero-order chi connectivity index (χ0) is 6.41. The average Bonchev–Trinajstić information content (AvgIpc) is 1.83. The van der Waals surface area contributed by atoms with E-state index in [9.17, 15) is 0 Å². The fourth-order valence-corrected chi connectivity index (χ4v) is 0.291. The van der Waals surface area contributed by atoms with E-state index >= 15 is 0 Å². The molecule has 0 rings (SSSR count). The average molecular weight is 114 g/mol. The van der Waals surface area contributed by atoms with E-state index in [1.807, 2.05) is 0 Å². The smallest absolute Gasteiger partial charge is 0.152 e. The van der Waals surface area contributed by atoms with Gasteiger partial charge in [-0.25, -0.2) is 0 Å². The third kappa shape index (κ3) is 2.23. The Morgan fingerprint density at radius 1 is 1.75 bits per heavy atom. The van der Waals surface area contributed by atoms with Gasteiger partial charge in [-0.05, 0) is 0 Å². The molecule has 0 bridgehead atoms. The van der Waals surface area contributed by atoms with Crippen LogP contribution in [0.25, 0.3) is 0 Å². The van der Waals surface area contributed by atoms with Gasteiger partial charge in [0.05, 0.1) is 13.3 Å². The molecule has 0 radical (unpaired) electrons. The predicted octanol–water partition coefficient (Wildman–Crippen LogP) is 0.134. The summed E-state index contributed by atoms with van der Waals surface area (Å²) in [5.74, 6) is 0.576. The van der Waals surface area contributed by atoms with Crippen LogP contribution in [0, 0.1) is 0 Å². The summed E-state index contributed by atoms with van der Waals surface area (Å²) in [6, 6.07) is 0. The molecule has 0 aromatic carbocycles. The summed E-state index contributed by atoms with van der Waals surface area (Å²) in [6.45, 7) is 0. The molecule has 0 heterocycles. The number of hydrogen-bond donors (Lipinski definition) is 1. The van der Waals surface area contributed by atoms with E-state index in [0.29, 0.717) is 5.76 Å². The maximum atomic E-state index is 5.09. The van der Waals surface area contributed by atoms with Gasteiger partial charge in [0.25, 0.3) is 0 Å². The Morgan fingerprint density at radius 2 is 2.38 bits per heavy atom. The molecule has 0 unspecified atom stereocenters. The number of methoxy groups -OCH3 is 1. The molecule has 2 N–H and O–H groups in total. The topological polar surface area (TPSA) is 47.6 Å². The lowest BCUT2D eigenvalue weighted by Crippen LogP contribution is -1.92. The second kappa shape index (κ2) is 4.18. The van der Waals surface area contributed by atoms with Crippen LogP contribution in [-0.4, -0.2) is 20.4 Å². The van der Waals surface area contributed by atoms with Crippen LogP contribution in [0.4, 0.5) is 0 Å². The Balaban J connectivity index is 3.72. The molecule has 0 aliphatic carbocycles. The van der Waals surface area contributed by atoms with Crippen molar-refractivity contribution in [1.29, 1.82) is 0 Å². The number of aliphatic imine (C=N–C) groups is 1. The molecule has 0 amide bonds. The van der Waals surface area contributed by atoms with Gasteiger partial charge in [0.2, 0.25) is 0 Å². The summed E-state index contributed by atoms with van der Waals surface area (Å²) in [5.41, 5.74) is 5.09. The number of ether oxygens (including phenoxy) is 1. The van der Waals surface area contributed by atoms with Gasteiger partial charge in [-0.1, -0.05) is 0 Å². The first-order valence-electron chi connectivity index (χ1n) is 2.23. The molecule has 0 aliphatic rings. The number of rotatable bonds is 2. The summed E-state index contributed by atoms with van der Waals surface area (Å²) in [5, 5.41) is 0. The summed E-state index contributed by atoms with van der Waals surface area (Å²) < 4.78 is 4.73. The van der Waals surface area contributed by atoms with Gasteiger partial charge < -0.3 is 10.5 Å². The summed E-state index contributed by atoms with van der Waals surface area (Å²) in [6.07, 6.45) is 2.90. The second-order valence-electron chi connectivity index (χ2n) is 1.16. The van der Waals surface area contributed by atoms with Crippen molar-refractivity contribution in [3.8, 4) is 0 Å². The van der Waals surface area contributed by atoms with Crippen LogP contribution in [0.1, 0.15) is 0 Å². The lowest BCUT2D eigenvalue weighted by atomic mass is 10.6. The lowest BCUT2D eigenvalue weighted by Gasteiger charge is -1.93. The number of allylic oxidation sites excluding steroid dienone is 1. The maximum Gasteiger partial charge on any atom is 0.152 e. The van der Waals surface area contributed by atoms with Crippen LogP contribution in [0.2, 0.25) is 0 Å². The van der Waals surface area contributed by atoms with Gasteiger partial charge in [-0.2, -0.15) is 0 Å². The minimum atomic E-state index is 0.576. The maximum absolute atomic E-state index is 5.09. The molecule has 0 aliphatic heterocycles. The van der Waals surface area contributed by atoms with Gasteiger partial charge >= 0.3 is 0 Å². The van der Waals surface area contributed by atoms with Crippen LogP contribution in [-0.2, 0) is 4.74 Å². The molecule has 0 aromatic heterocycles. The highest BCUT2D eigenvalue weighted by Crippen LogP contribution is 1.84. The Bertz CT molecular complexity index is 104. The molecule has 0 saturated heterocycles. The molecule has 0 aromatic rings. The van der Waals surface area contributed by atoms with Crippen LogP contribution >= 0.6 is 0 Å².